The van der Waals surface area contributed by atoms with Crippen molar-refractivity contribution in [2.75, 3.05) is 12.4 Å². The van der Waals surface area contributed by atoms with Gasteiger partial charge in [-0.3, -0.25) is 4.79 Å². The molecule has 1 aromatic heterocycles. The molecule has 1 unspecified atom stereocenters. The van der Waals surface area contributed by atoms with E-state index in [4.69, 9.17) is 11.6 Å². The van der Waals surface area contributed by atoms with Gasteiger partial charge in [0.2, 0.25) is 0 Å². The molecule has 4 heteroatoms. The Hall–Kier alpha value is -0.540. The molecule has 72 valence electrons. The molecule has 13 heavy (non-hydrogen) atoms. The average molecular weight is 218 g/mol. The van der Waals surface area contributed by atoms with Gasteiger partial charge in [-0.15, -0.1) is 11.6 Å². The van der Waals surface area contributed by atoms with Gasteiger partial charge in [-0.25, -0.2) is 0 Å². The van der Waals surface area contributed by atoms with Crippen LogP contribution in [0.1, 0.15) is 17.3 Å². The van der Waals surface area contributed by atoms with Crippen molar-refractivity contribution in [2.45, 2.75) is 6.92 Å². The summed E-state index contributed by atoms with van der Waals surface area (Å²) in [5.74, 6) is 0.881. The van der Waals surface area contributed by atoms with Crippen molar-refractivity contribution in [3.63, 3.8) is 0 Å². The fraction of sp³-hybridized carbons (Fsp3) is 0.444. The van der Waals surface area contributed by atoms with Crippen LogP contribution in [0.2, 0.25) is 0 Å². The average Bonchev–Trinajstić information content (AvgIpc) is 2.66. The van der Waals surface area contributed by atoms with Crippen LogP contribution in [0.25, 0.3) is 0 Å². The van der Waals surface area contributed by atoms with Crippen LogP contribution in [0.5, 0.6) is 0 Å². The molecule has 0 aliphatic carbocycles. The highest BCUT2D eigenvalue weighted by atomic mass is 35.5. The number of carbonyl (C=O) groups excluding carboxylic acids is 1. The number of hydrogen-bond donors (Lipinski definition) is 1. The minimum atomic E-state index is -0.0155. The van der Waals surface area contributed by atoms with Crippen LogP contribution >= 0.6 is 22.9 Å². The summed E-state index contributed by atoms with van der Waals surface area (Å²) in [7, 11) is 0. The second kappa shape index (κ2) is 5.25. The predicted molar refractivity (Wildman–Crippen MR) is 56.5 cm³/mol. The quantitative estimate of drug-likeness (QED) is 0.771. The van der Waals surface area contributed by atoms with Gasteiger partial charge in [0.1, 0.15) is 0 Å². The summed E-state index contributed by atoms with van der Waals surface area (Å²) < 4.78 is 0. The van der Waals surface area contributed by atoms with Gasteiger partial charge < -0.3 is 5.32 Å². The fourth-order valence-electron chi connectivity index (χ4n) is 0.817. The molecule has 0 fully saturated rings. The van der Waals surface area contributed by atoms with Crippen LogP contribution in [-0.4, -0.2) is 18.3 Å². The third kappa shape index (κ3) is 3.36. The van der Waals surface area contributed by atoms with Crippen LogP contribution in [0.3, 0.4) is 0 Å². The third-order valence-electron chi connectivity index (χ3n) is 1.66. The van der Waals surface area contributed by atoms with Crippen molar-refractivity contribution in [1.82, 2.24) is 5.32 Å². The molecule has 1 atom stereocenters. The van der Waals surface area contributed by atoms with Crippen molar-refractivity contribution in [1.29, 1.82) is 0 Å². The van der Waals surface area contributed by atoms with E-state index < -0.39 is 0 Å². The number of thiophene rings is 1. The molecule has 1 aromatic rings. The molecule has 0 saturated heterocycles. The van der Waals surface area contributed by atoms with Crippen molar-refractivity contribution >= 4 is 28.8 Å². The van der Waals surface area contributed by atoms with Gasteiger partial charge in [0.15, 0.2) is 0 Å². The Morgan fingerprint density at radius 2 is 2.54 bits per heavy atom. The van der Waals surface area contributed by atoms with E-state index >= 15 is 0 Å². The summed E-state index contributed by atoms with van der Waals surface area (Å²) in [5, 5.41) is 6.54. The van der Waals surface area contributed by atoms with E-state index in [1.165, 1.54) is 11.3 Å². The van der Waals surface area contributed by atoms with Crippen molar-refractivity contribution in [3.8, 4) is 0 Å². The Labute approximate surface area is 86.9 Å². The standard InChI is InChI=1S/C9H12ClNOS/c1-7(4-10)5-11-9(12)8-2-3-13-6-8/h2-3,6-7H,4-5H2,1H3,(H,11,12). The molecular weight excluding hydrogens is 206 g/mol. The van der Waals surface area contributed by atoms with Gasteiger partial charge in [0.05, 0.1) is 0 Å². The minimum Gasteiger partial charge on any atom is -0.352 e. The number of nitrogens with one attached hydrogen (secondary N) is 1. The molecule has 0 radical (unpaired) electrons. The van der Waals surface area contributed by atoms with E-state index in [1.54, 1.807) is 0 Å². The zero-order valence-electron chi connectivity index (χ0n) is 7.42. The number of carbonyl (C=O) groups is 1. The zero-order chi connectivity index (χ0) is 9.68. The SMILES string of the molecule is CC(CCl)CNC(=O)c1ccsc1. The number of amides is 1. The lowest BCUT2D eigenvalue weighted by Crippen LogP contribution is -2.28. The molecule has 1 rings (SSSR count). The maximum atomic E-state index is 11.4. The van der Waals surface area contributed by atoms with Gasteiger partial charge in [0.25, 0.3) is 5.91 Å². The van der Waals surface area contributed by atoms with E-state index in [2.05, 4.69) is 5.32 Å². The van der Waals surface area contributed by atoms with Gasteiger partial charge >= 0.3 is 0 Å². The Bertz CT molecular complexity index is 261. The second-order valence-electron chi connectivity index (χ2n) is 2.98. The minimum absolute atomic E-state index is 0.0155. The number of hydrogen-bond acceptors (Lipinski definition) is 2. The summed E-state index contributed by atoms with van der Waals surface area (Å²) in [6.07, 6.45) is 0. The Kier molecular flexibility index (Phi) is 4.25. The van der Waals surface area contributed by atoms with Crippen molar-refractivity contribution in [2.24, 2.45) is 5.92 Å². The van der Waals surface area contributed by atoms with Gasteiger partial charge in [-0.05, 0) is 17.4 Å². The summed E-state index contributed by atoms with van der Waals surface area (Å²) in [6, 6.07) is 1.81. The first kappa shape index (κ1) is 10.5. The lowest BCUT2D eigenvalue weighted by atomic mass is 10.2. The maximum Gasteiger partial charge on any atom is 0.252 e. The number of alkyl halides is 1. The summed E-state index contributed by atoms with van der Waals surface area (Å²) in [5.41, 5.74) is 0.728. The molecule has 0 aromatic carbocycles. The Morgan fingerprint density at radius 3 is 3.08 bits per heavy atom. The highest BCUT2D eigenvalue weighted by molar-refractivity contribution is 7.08. The van der Waals surface area contributed by atoms with Crippen LogP contribution < -0.4 is 5.32 Å². The van der Waals surface area contributed by atoms with Crippen molar-refractivity contribution in [3.05, 3.63) is 22.4 Å². The van der Waals surface area contributed by atoms with Gasteiger partial charge in [-0.1, -0.05) is 6.92 Å². The molecule has 0 bridgehead atoms. The van der Waals surface area contributed by atoms with Crippen LogP contribution in [-0.2, 0) is 0 Å². The number of rotatable bonds is 4. The smallest absolute Gasteiger partial charge is 0.252 e. The molecule has 1 heterocycles. The molecule has 0 saturated carbocycles. The lowest BCUT2D eigenvalue weighted by molar-refractivity contribution is 0.0949. The van der Waals surface area contributed by atoms with E-state index in [0.29, 0.717) is 18.3 Å². The largest absolute Gasteiger partial charge is 0.352 e. The highest BCUT2D eigenvalue weighted by Crippen LogP contribution is 2.05. The first-order valence-corrected chi connectivity index (χ1v) is 5.58. The van der Waals surface area contributed by atoms with Gasteiger partial charge in [-0.2, -0.15) is 11.3 Å². The highest BCUT2D eigenvalue weighted by Gasteiger charge is 2.06. The maximum absolute atomic E-state index is 11.4. The topological polar surface area (TPSA) is 29.1 Å². The van der Waals surface area contributed by atoms with Gasteiger partial charge in [0, 0.05) is 23.4 Å². The van der Waals surface area contributed by atoms with Crippen LogP contribution in [0.15, 0.2) is 16.8 Å². The molecule has 1 amide bonds. The molecule has 0 aliphatic rings. The molecule has 2 nitrogen and oxygen atoms in total. The van der Waals surface area contributed by atoms with E-state index in [-0.39, 0.29) is 5.91 Å². The zero-order valence-corrected chi connectivity index (χ0v) is 8.99. The lowest BCUT2D eigenvalue weighted by Gasteiger charge is -2.07. The third-order valence-corrected chi connectivity index (χ3v) is 2.87. The molecule has 1 N–H and O–H groups in total. The molecule has 0 spiro atoms. The molecular formula is C9H12ClNOS. The van der Waals surface area contributed by atoms with Crippen LogP contribution in [0, 0.1) is 5.92 Å². The Balaban J connectivity index is 2.35. The van der Waals surface area contributed by atoms with E-state index in [9.17, 15) is 4.79 Å². The van der Waals surface area contributed by atoms with Crippen molar-refractivity contribution < 1.29 is 4.79 Å². The number of halogens is 1. The van der Waals surface area contributed by atoms with E-state index in [0.717, 1.165) is 5.56 Å². The monoisotopic (exact) mass is 217 g/mol. The fourth-order valence-corrected chi connectivity index (χ4v) is 1.56. The summed E-state index contributed by atoms with van der Waals surface area (Å²) in [4.78, 5) is 11.4. The molecule has 0 aliphatic heterocycles. The summed E-state index contributed by atoms with van der Waals surface area (Å²) >= 11 is 7.13. The first-order chi connectivity index (χ1) is 6.24. The van der Waals surface area contributed by atoms with Crippen LogP contribution in [0.4, 0.5) is 0 Å². The van der Waals surface area contributed by atoms with E-state index in [1.807, 2.05) is 23.8 Å². The Morgan fingerprint density at radius 1 is 1.77 bits per heavy atom. The summed E-state index contributed by atoms with van der Waals surface area (Å²) in [6.45, 7) is 2.64. The first-order valence-electron chi connectivity index (χ1n) is 4.10. The normalized spacial score (nSPS) is 12.5. The second-order valence-corrected chi connectivity index (χ2v) is 4.07. The predicted octanol–water partition coefficient (Wildman–Crippen LogP) is 2.35.